The molecular formula is C19H22O7. The van der Waals surface area contributed by atoms with Gasteiger partial charge in [-0.25, -0.2) is 9.59 Å². The Hall–Kier alpha value is -2.22. The van der Waals surface area contributed by atoms with E-state index in [0.29, 0.717) is 5.57 Å². The summed E-state index contributed by atoms with van der Waals surface area (Å²) in [5.41, 5.74) is -0.229. The zero-order chi connectivity index (χ0) is 19.2. The van der Waals surface area contributed by atoms with Crippen LogP contribution in [0.25, 0.3) is 0 Å². The average molecular weight is 362 g/mol. The summed E-state index contributed by atoms with van der Waals surface area (Å²) in [6.45, 7) is 14.6. The van der Waals surface area contributed by atoms with Gasteiger partial charge in [0.1, 0.15) is 12.2 Å². The van der Waals surface area contributed by atoms with Crippen molar-refractivity contribution < 1.29 is 34.0 Å². The molecule has 0 spiro atoms. The molecule has 0 aromatic carbocycles. The minimum Gasteiger partial charge on any atom is -0.458 e. The van der Waals surface area contributed by atoms with Crippen molar-refractivity contribution in [1.82, 2.24) is 0 Å². The van der Waals surface area contributed by atoms with Crippen LogP contribution in [0.15, 0.2) is 49.1 Å². The molecule has 3 fully saturated rings. The van der Waals surface area contributed by atoms with Gasteiger partial charge in [0.05, 0.1) is 24.7 Å². The molecule has 0 amide bonds. The Morgan fingerprint density at radius 2 is 2.12 bits per heavy atom. The second-order valence-corrected chi connectivity index (χ2v) is 6.98. The molecule has 7 nitrogen and oxygen atoms in total. The van der Waals surface area contributed by atoms with Gasteiger partial charge in [-0.1, -0.05) is 25.8 Å². The summed E-state index contributed by atoms with van der Waals surface area (Å²) in [5, 5.41) is 19.1. The summed E-state index contributed by atoms with van der Waals surface area (Å²) in [5.74, 6) is -2.35. The summed E-state index contributed by atoms with van der Waals surface area (Å²) in [7, 11) is 0. The maximum absolute atomic E-state index is 12.1. The molecule has 2 saturated heterocycles. The van der Waals surface area contributed by atoms with Crippen molar-refractivity contribution >= 4 is 11.9 Å². The third-order valence-corrected chi connectivity index (χ3v) is 5.56. The van der Waals surface area contributed by atoms with Gasteiger partial charge < -0.3 is 24.4 Å². The van der Waals surface area contributed by atoms with Gasteiger partial charge in [-0.05, 0) is 12.0 Å². The van der Waals surface area contributed by atoms with Crippen LogP contribution in [0.1, 0.15) is 6.42 Å². The van der Waals surface area contributed by atoms with Crippen molar-refractivity contribution in [2.45, 2.75) is 24.9 Å². The SMILES string of the molecule is C=C[C@@]12CO[C@H](O)C(=C)[C@H]1[C@H]1OC(=O)C(=C)[C@@H]1[C@@H](OC(=O)C(=C)CO)C2. The van der Waals surface area contributed by atoms with Gasteiger partial charge in [0.25, 0.3) is 0 Å². The third kappa shape index (κ3) is 2.63. The molecule has 26 heavy (non-hydrogen) atoms. The van der Waals surface area contributed by atoms with Crippen molar-refractivity contribution in [2.24, 2.45) is 17.3 Å². The number of fused-ring (bicyclic) bond motifs is 3. The maximum Gasteiger partial charge on any atom is 0.336 e. The molecular weight excluding hydrogens is 340 g/mol. The number of rotatable bonds is 4. The first kappa shape index (κ1) is 18.6. The molecule has 0 bridgehead atoms. The molecule has 1 saturated carbocycles. The first-order chi connectivity index (χ1) is 12.3. The molecule has 1 aliphatic carbocycles. The topological polar surface area (TPSA) is 102 Å². The van der Waals surface area contributed by atoms with Crippen molar-refractivity contribution in [2.75, 3.05) is 13.2 Å². The molecule has 0 aromatic rings. The van der Waals surface area contributed by atoms with E-state index in [9.17, 15) is 14.7 Å². The van der Waals surface area contributed by atoms with E-state index in [2.05, 4.69) is 26.3 Å². The first-order valence-electron chi connectivity index (χ1n) is 8.27. The van der Waals surface area contributed by atoms with E-state index in [0.717, 1.165) is 0 Å². The Balaban J connectivity index is 2.00. The van der Waals surface area contributed by atoms with Crippen LogP contribution in [0, 0.1) is 17.3 Å². The quantitative estimate of drug-likeness (QED) is 0.430. The Labute approximate surface area is 151 Å². The van der Waals surface area contributed by atoms with Gasteiger partial charge in [-0.3, -0.25) is 0 Å². The van der Waals surface area contributed by atoms with Gasteiger partial charge in [0, 0.05) is 16.9 Å². The van der Waals surface area contributed by atoms with Crippen molar-refractivity contribution in [3.05, 3.63) is 49.1 Å². The van der Waals surface area contributed by atoms with E-state index < -0.39 is 54.3 Å². The number of aliphatic hydroxyl groups excluding tert-OH is 2. The fourth-order valence-corrected chi connectivity index (χ4v) is 4.17. The summed E-state index contributed by atoms with van der Waals surface area (Å²) in [6.07, 6.45) is -0.659. The van der Waals surface area contributed by atoms with Gasteiger partial charge >= 0.3 is 11.9 Å². The van der Waals surface area contributed by atoms with Gasteiger partial charge in [0.15, 0.2) is 6.29 Å². The standard InChI is InChI=1S/C19H22O7/c1-5-19-6-12(25-16(21)9(2)7-20)13-10(3)18(23)26-15(13)14(19)11(4)17(22)24-8-19/h5,12-15,17,20,22H,1-4,6-8H2/t12-,13+,14-,15-,17-,19+/m0/s1. The highest BCUT2D eigenvalue weighted by Gasteiger charge is 2.62. The molecule has 7 heteroatoms. The van der Waals surface area contributed by atoms with E-state index in [1.54, 1.807) is 6.08 Å². The lowest BCUT2D eigenvalue weighted by Crippen LogP contribution is -2.58. The highest BCUT2D eigenvalue weighted by molar-refractivity contribution is 5.92. The van der Waals surface area contributed by atoms with E-state index in [-0.39, 0.29) is 24.2 Å². The largest absolute Gasteiger partial charge is 0.458 e. The van der Waals surface area contributed by atoms with Crippen molar-refractivity contribution in [3.8, 4) is 0 Å². The van der Waals surface area contributed by atoms with E-state index in [1.807, 2.05) is 0 Å². The Bertz CT molecular complexity index is 709. The van der Waals surface area contributed by atoms with Gasteiger partial charge in [0.2, 0.25) is 0 Å². The molecule has 2 aliphatic heterocycles. The van der Waals surface area contributed by atoms with Crippen LogP contribution < -0.4 is 0 Å². The Morgan fingerprint density at radius 1 is 1.42 bits per heavy atom. The van der Waals surface area contributed by atoms with Gasteiger partial charge in [-0.15, -0.1) is 6.58 Å². The minimum absolute atomic E-state index is 0.0908. The summed E-state index contributed by atoms with van der Waals surface area (Å²) in [4.78, 5) is 24.3. The van der Waals surface area contributed by atoms with Crippen LogP contribution in [0.4, 0.5) is 0 Å². The van der Waals surface area contributed by atoms with Gasteiger partial charge in [-0.2, -0.15) is 0 Å². The zero-order valence-corrected chi connectivity index (χ0v) is 14.3. The second kappa shape index (κ2) is 6.50. The van der Waals surface area contributed by atoms with Crippen LogP contribution in [-0.4, -0.2) is 53.9 Å². The monoisotopic (exact) mass is 362 g/mol. The number of carbonyl (C=O) groups excluding carboxylic acids is 2. The number of ether oxygens (including phenoxy) is 3. The number of hydrogen-bond acceptors (Lipinski definition) is 7. The molecule has 2 heterocycles. The molecule has 0 unspecified atom stereocenters. The Morgan fingerprint density at radius 3 is 2.73 bits per heavy atom. The summed E-state index contributed by atoms with van der Waals surface area (Å²) < 4.78 is 16.4. The fraction of sp³-hybridized carbons (Fsp3) is 0.474. The first-order valence-corrected chi connectivity index (χ1v) is 8.27. The van der Waals surface area contributed by atoms with Crippen LogP contribution >= 0.6 is 0 Å². The van der Waals surface area contributed by atoms with E-state index in [4.69, 9.17) is 19.3 Å². The maximum atomic E-state index is 12.1. The Kier molecular flexibility index (Phi) is 4.64. The zero-order valence-electron chi connectivity index (χ0n) is 14.3. The molecule has 3 rings (SSSR count). The molecule has 3 aliphatic rings. The minimum atomic E-state index is -1.17. The van der Waals surface area contributed by atoms with E-state index in [1.165, 1.54) is 0 Å². The number of aliphatic hydroxyl groups is 2. The summed E-state index contributed by atoms with van der Waals surface area (Å²) >= 11 is 0. The lowest BCUT2D eigenvalue weighted by Gasteiger charge is -2.53. The number of hydrogen-bond donors (Lipinski definition) is 2. The summed E-state index contributed by atoms with van der Waals surface area (Å²) in [6, 6.07) is 0. The smallest absolute Gasteiger partial charge is 0.336 e. The van der Waals surface area contributed by atoms with Crippen LogP contribution in [0.3, 0.4) is 0 Å². The molecule has 0 aromatic heterocycles. The second-order valence-electron chi connectivity index (χ2n) is 6.98. The normalized spacial score (nSPS) is 38.8. The van der Waals surface area contributed by atoms with Crippen molar-refractivity contribution in [3.63, 3.8) is 0 Å². The average Bonchev–Trinajstić information content (AvgIpc) is 2.92. The molecule has 140 valence electrons. The predicted molar refractivity (Wildman–Crippen MR) is 90.5 cm³/mol. The number of carbonyl (C=O) groups is 2. The predicted octanol–water partition coefficient (Wildman–Crippen LogP) is 0.642. The van der Waals surface area contributed by atoms with Crippen LogP contribution in [0.5, 0.6) is 0 Å². The van der Waals surface area contributed by atoms with Crippen molar-refractivity contribution in [1.29, 1.82) is 0 Å². The lowest BCUT2D eigenvalue weighted by molar-refractivity contribution is -0.194. The molecule has 2 N–H and O–H groups in total. The van der Waals surface area contributed by atoms with E-state index >= 15 is 0 Å². The third-order valence-electron chi connectivity index (χ3n) is 5.56. The molecule has 6 atom stereocenters. The molecule has 0 radical (unpaired) electrons. The highest BCUT2D eigenvalue weighted by atomic mass is 16.6. The van der Waals surface area contributed by atoms with Crippen LogP contribution in [-0.2, 0) is 23.8 Å². The highest BCUT2D eigenvalue weighted by Crippen LogP contribution is 2.56. The van der Waals surface area contributed by atoms with Crippen LogP contribution in [0.2, 0.25) is 0 Å². The lowest BCUT2D eigenvalue weighted by atomic mass is 9.57. The fourth-order valence-electron chi connectivity index (χ4n) is 4.17. The number of esters is 2.